The van der Waals surface area contributed by atoms with Crippen LogP contribution in [0.5, 0.6) is 0 Å². The minimum Gasteiger partial charge on any atom is -0.384 e. The second-order valence-electron chi connectivity index (χ2n) is 4.92. The Morgan fingerprint density at radius 1 is 1.33 bits per heavy atom. The fourth-order valence-electron chi connectivity index (χ4n) is 2.03. The lowest BCUT2D eigenvalue weighted by Crippen LogP contribution is -2.37. The molecule has 1 aromatic carbocycles. The largest absolute Gasteiger partial charge is 0.384 e. The Hall–Kier alpha value is -1.70. The number of hydrogen-bond donors (Lipinski definition) is 1. The van der Waals surface area contributed by atoms with Gasteiger partial charge in [-0.15, -0.1) is 0 Å². The number of nitrogen functional groups attached to an aromatic ring is 1. The van der Waals surface area contributed by atoms with E-state index in [1.807, 2.05) is 0 Å². The number of anilines is 1. The highest BCUT2D eigenvalue weighted by molar-refractivity contribution is 7.89. The Morgan fingerprint density at radius 2 is 2.05 bits per heavy atom. The monoisotopic (exact) mass is 309 g/mol. The summed E-state index contributed by atoms with van der Waals surface area (Å²) in [6.45, 7) is 2.13. The maximum absolute atomic E-state index is 12.6. The normalized spacial score (nSPS) is 13.7. The van der Waals surface area contributed by atoms with Crippen LogP contribution in [0.4, 0.5) is 5.82 Å². The van der Waals surface area contributed by atoms with Crippen molar-refractivity contribution in [3.8, 4) is 0 Å². The number of likely N-dealkylation sites (N-methyl/N-ethyl adjacent to an activating group) is 1. The van der Waals surface area contributed by atoms with Crippen LogP contribution in [0.2, 0.25) is 0 Å². The van der Waals surface area contributed by atoms with E-state index in [1.54, 1.807) is 51.4 Å². The molecule has 1 aromatic heterocycles. The number of benzene rings is 1. The van der Waals surface area contributed by atoms with Gasteiger partial charge in [0.25, 0.3) is 0 Å². The molecule has 6 nitrogen and oxygen atoms in total. The first kappa shape index (κ1) is 15.7. The van der Waals surface area contributed by atoms with Crippen molar-refractivity contribution in [1.29, 1.82) is 0 Å². The van der Waals surface area contributed by atoms with E-state index in [-0.39, 0.29) is 10.9 Å². The summed E-state index contributed by atoms with van der Waals surface area (Å²) in [5.74, 6) is 0.406. The molecule has 114 valence electrons. The number of nitrogens with two attached hydrogens (primary N) is 1. The average Bonchev–Trinajstić information content (AvgIpc) is 2.45. The molecule has 2 aromatic rings. The third kappa shape index (κ3) is 3.15. The first-order valence-electron chi connectivity index (χ1n) is 6.49. The van der Waals surface area contributed by atoms with E-state index in [4.69, 9.17) is 10.5 Å². The quantitative estimate of drug-likeness (QED) is 0.904. The lowest BCUT2D eigenvalue weighted by molar-refractivity contribution is 0.149. The lowest BCUT2D eigenvalue weighted by Gasteiger charge is -2.23. The Morgan fingerprint density at radius 3 is 2.71 bits per heavy atom. The van der Waals surface area contributed by atoms with Gasteiger partial charge in [0.1, 0.15) is 5.82 Å². The molecule has 0 spiro atoms. The molecule has 2 rings (SSSR count). The van der Waals surface area contributed by atoms with Crippen molar-refractivity contribution >= 4 is 26.7 Å². The summed E-state index contributed by atoms with van der Waals surface area (Å²) in [5.41, 5.74) is 6.29. The second-order valence-corrected chi connectivity index (χ2v) is 6.91. The molecule has 0 saturated heterocycles. The first-order chi connectivity index (χ1) is 9.86. The molecular weight excluding hydrogens is 290 g/mol. The number of fused-ring (bicyclic) bond motifs is 1. The van der Waals surface area contributed by atoms with Gasteiger partial charge < -0.3 is 10.5 Å². The van der Waals surface area contributed by atoms with Crippen LogP contribution >= 0.6 is 0 Å². The summed E-state index contributed by atoms with van der Waals surface area (Å²) in [4.78, 5) is 4.39. The van der Waals surface area contributed by atoms with Gasteiger partial charge >= 0.3 is 0 Å². The van der Waals surface area contributed by atoms with Gasteiger partial charge in [-0.25, -0.2) is 13.4 Å². The molecule has 0 bridgehead atoms. The van der Waals surface area contributed by atoms with Gasteiger partial charge in [-0.2, -0.15) is 4.31 Å². The third-order valence-corrected chi connectivity index (χ3v) is 5.36. The molecule has 0 fully saturated rings. The van der Waals surface area contributed by atoms with Crippen molar-refractivity contribution < 1.29 is 13.2 Å². The van der Waals surface area contributed by atoms with Crippen molar-refractivity contribution in [1.82, 2.24) is 9.29 Å². The maximum Gasteiger partial charge on any atom is 0.243 e. The molecular formula is C14H19N3O3S. The van der Waals surface area contributed by atoms with Crippen LogP contribution in [0.15, 0.2) is 35.2 Å². The number of rotatable bonds is 5. The number of methoxy groups -OCH3 is 1. The summed E-state index contributed by atoms with van der Waals surface area (Å²) in [7, 11) is -0.477. The predicted octanol–water partition coefficient (Wildman–Crippen LogP) is 1.47. The number of nitrogens with zero attached hydrogens (tertiary/aromatic N) is 2. The van der Waals surface area contributed by atoms with Crippen molar-refractivity contribution in [3.05, 3.63) is 30.3 Å². The van der Waals surface area contributed by atoms with Crippen molar-refractivity contribution in [2.75, 3.05) is 26.5 Å². The predicted molar refractivity (Wildman–Crippen MR) is 82.4 cm³/mol. The maximum atomic E-state index is 12.6. The lowest BCUT2D eigenvalue weighted by atomic mass is 10.2. The zero-order valence-corrected chi connectivity index (χ0v) is 13.1. The Balaban J connectivity index is 2.42. The summed E-state index contributed by atoms with van der Waals surface area (Å²) in [5, 5.41) is 0.734. The van der Waals surface area contributed by atoms with E-state index in [2.05, 4.69) is 4.98 Å². The Kier molecular flexibility index (Phi) is 4.46. The van der Waals surface area contributed by atoms with Crippen molar-refractivity contribution in [2.24, 2.45) is 0 Å². The van der Waals surface area contributed by atoms with Crippen molar-refractivity contribution in [2.45, 2.75) is 17.9 Å². The van der Waals surface area contributed by atoms with Gasteiger partial charge in [0.15, 0.2) is 0 Å². The molecule has 0 aliphatic rings. The summed E-state index contributed by atoms with van der Waals surface area (Å²) >= 11 is 0. The first-order valence-corrected chi connectivity index (χ1v) is 7.93. The highest BCUT2D eigenvalue weighted by atomic mass is 32.2. The topological polar surface area (TPSA) is 85.5 Å². The van der Waals surface area contributed by atoms with Crippen molar-refractivity contribution in [3.63, 3.8) is 0 Å². The number of ether oxygens (including phenoxy) is 1. The van der Waals surface area contributed by atoms with E-state index in [0.717, 1.165) is 5.39 Å². The van der Waals surface area contributed by atoms with Gasteiger partial charge in [-0.05, 0) is 37.3 Å². The molecule has 1 unspecified atom stereocenters. The minimum absolute atomic E-state index is 0.229. The smallest absolute Gasteiger partial charge is 0.243 e. The van der Waals surface area contributed by atoms with Gasteiger partial charge in [-0.1, -0.05) is 0 Å². The molecule has 1 heterocycles. The van der Waals surface area contributed by atoms with Crippen LogP contribution < -0.4 is 5.73 Å². The fourth-order valence-corrected chi connectivity index (χ4v) is 3.41. The van der Waals surface area contributed by atoms with E-state index >= 15 is 0 Å². The summed E-state index contributed by atoms with van der Waals surface area (Å²) in [6.07, 6.45) is 0. The standard InChI is InChI=1S/C14H19N3O3S/c1-10(9-20-3)17(2)21(18,19)12-5-6-13-11(8-12)4-7-14(15)16-13/h4-8,10H,9H2,1-3H3,(H2,15,16). The SMILES string of the molecule is COCC(C)N(C)S(=O)(=O)c1ccc2nc(N)ccc2c1. The molecule has 2 N–H and O–H groups in total. The van der Waals surface area contributed by atoms with Crippen LogP contribution in [0.25, 0.3) is 10.9 Å². The number of sulfonamides is 1. The number of pyridine rings is 1. The van der Waals surface area contributed by atoms with Gasteiger partial charge in [0, 0.05) is 25.6 Å². The van der Waals surface area contributed by atoms with Crippen LogP contribution in [0.1, 0.15) is 6.92 Å². The van der Waals surface area contributed by atoms with Gasteiger partial charge in [0.2, 0.25) is 10.0 Å². The molecule has 1 atom stereocenters. The molecule has 21 heavy (non-hydrogen) atoms. The van der Waals surface area contributed by atoms with E-state index in [1.165, 1.54) is 4.31 Å². The molecule has 0 aliphatic heterocycles. The third-order valence-electron chi connectivity index (χ3n) is 3.39. The van der Waals surface area contributed by atoms with E-state index in [9.17, 15) is 8.42 Å². The molecule has 0 amide bonds. The molecule has 7 heteroatoms. The highest BCUT2D eigenvalue weighted by Crippen LogP contribution is 2.22. The van der Waals surface area contributed by atoms with Crippen LogP contribution in [0.3, 0.4) is 0 Å². The highest BCUT2D eigenvalue weighted by Gasteiger charge is 2.25. The average molecular weight is 309 g/mol. The van der Waals surface area contributed by atoms with Crippen LogP contribution in [-0.2, 0) is 14.8 Å². The van der Waals surface area contributed by atoms with Gasteiger partial charge in [-0.3, -0.25) is 0 Å². The van der Waals surface area contributed by atoms with Gasteiger partial charge in [0.05, 0.1) is 17.0 Å². The summed E-state index contributed by atoms with van der Waals surface area (Å²) < 4.78 is 31.5. The molecule has 0 aliphatic carbocycles. The Bertz CT molecular complexity index is 746. The van der Waals surface area contributed by atoms with E-state index in [0.29, 0.717) is 17.9 Å². The number of hydrogen-bond acceptors (Lipinski definition) is 5. The van der Waals surface area contributed by atoms with Crippen LogP contribution in [-0.4, -0.2) is 44.5 Å². The van der Waals surface area contributed by atoms with Crippen LogP contribution in [0, 0.1) is 0 Å². The minimum atomic E-state index is -3.57. The molecule has 0 radical (unpaired) electrons. The van der Waals surface area contributed by atoms with E-state index < -0.39 is 10.0 Å². The fraction of sp³-hybridized carbons (Fsp3) is 0.357. The summed E-state index contributed by atoms with van der Waals surface area (Å²) in [6, 6.07) is 7.96. The Labute approximate surface area is 124 Å². The zero-order chi connectivity index (χ0) is 15.6. The second kappa shape index (κ2) is 5.97. The number of aromatic nitrogens is 1. The zero-order valence-electron chi connectivity index (χ0n) is 12.3. The molecule has 0 saturated carbocycles.